The van der Waals surface area contributed by atoms with Crippen LogP contribution in [0.15, 0.2) is 27.4 Å². The van der Waals surface area contributed by atoms with E-state index in [1.54, 1.807) is 6.07 Å². The quantitative estimate of drug-likeness (QED) is 0.779. The molecule has 0 aliphatic rings. The van der Waals surface area contributed by atoms with Gasteiger partial charge in [0.1, 0.15) is 17.1 Å². The van der Waals surface area contributed by atoms with E-state index >= 15 is 0 Å². The number of rotatable bonds is 3. The van der Waals surface area contributed by atoms with Gasteiger partial charge in [-0.15, -0.1) is 0 Å². The summed E-state index contributed by atoms with van der Waals surface area (Å²) in [5.41, 5.74) is 1.48. The number of benzene rings is 1. The molecule has 4 nitrogen and oxygen atoms in total. The van der Waals surface area contributed by atoms with Crippen LogP contribution in [0.3, 0.4) is 0 Å². The van der Waals surface area contributed by atoms with Crippen molar-refractivity contribution in [3.63, 3.8) is 0 Å². The van der Waals surface area contributed by atoms with Gasteiger partial charge >= 0.3 is 5.63 Å². The van der Waals surface area contributed by atoms with Crippen molar-refractivity contribution < 1.29 is 13.9 Å². The maximum Gasteiger partial charge on any atom is 0.336 e. The second-order valence-electron chi connectivity index (χ2n) is 4.25. The summed E-state index contributed by atoms with van der Waals surface area (Å²) < 4.78 is 10.4. The summed E-state index contributed by atoms with van der Waals surface area (Å²) in [4.78, 5) is 22.8. The number of methoxy groups -OCH3 is 1. The van der Waals surface area contributed by atoms with E-state index in [4.69, 9.17) is 9.15 Å². The van der Waals surface area contributed by atoms with Gasteiger partial charge in [0.05, 0.1) is 7.11 Å². The molecule has 18 heavy (non-hydrogen) atoms. The van der Waals surface area contributed by atoms with Crippen LogP contribution < -0.4 is 10.4 Å². The molecule has 0 aliphatic carbocycles. The zero-order chi connectivity index (χ0) is 13.3. The van der Waals surface area contributed by atoms with Gasteiger partial charge in [-0.05, 0) is 31.5 Å². The van der Waals surface area contributed by atoms with E-state index in [9.17, 15) is 9.59 Å². The third-order valence-electron chi connectivity index (χ3n) is 2.83. The normalized spacial score (nSPS) is 10.6. The number of carbonyl (C=O) groups is 1. The summed E-state index contributed by atoms with van der Waals surface area (Å²) in [5.74, 6) is 0.552. The van der Waals surface area contributed by atoms with E-state index < -0.39 is 5.63 Å². The Morgan fingerprint density at radius 3 is 2.72 bits per heavy atom. The molecule has 2 rings (SSSR count). The molecule has 0 bridgehead atoms. The van der Waals surface area contributed by atoms with E-state index in [1.807, 2.05) is 13.0 Å². The molecule has 1 aromatic heterocycles. The van der Waals surface area contributed by atoms with Crippen molar-refractivity contribution in [3.05, 3.63) is 39.7 Å². The van der Waals surface area contributed by atoms with Crippen LogP contribution in [0.2, 0.25) is 0 Å². The van der Waals surface area contributed by atoms with Crippen molar-refractivity contribution in [2.24, 2.45) is 0 Å². The first-order valence-corrected chi connectivity index (χ1v) is 5.62. The first-order chi connectivity index (χ1) is 8.52. The smallest absolute Gasteiger partial charge is 0.336 e. The van der Waals surface area contributed by atoms with Gasteiger partial charge in [-0.25, -0.2) is 4.79 Å². The van der Waals surface area contributed by atoms with Crippen LogP contribution in [0.25, 0.3) is 11.0 Å². The molecule has 0 unspecified atom stereocenters. The average Bonchev–Trinajstić information content (AvgIpc) is 2.29. The molecule has 0 atom stereocenters. The Hall–Kier alpha value is -2.10. The molecule has 0 aliphatic heterocycles. The number of hydrogen-bond donors (Lipinski definition) is 0. The predicted molar refractivity (Wildman–Crippen MR) is 68.2 cm³/mol. The van der Waals surface area contributed by atoms with E-state index in [-0.39, 0.29) is 12.2 Å². The minimum Gasteiger partial charge on any atom is -0.496 e. The second kappa shape index (κ2) is 4.64. The largest absolute Gasteiger partial charge is 0.496 e. The Kier molecular flexibility index (Phi) is 3.19. The Bertz CT molecular complexity index is 667. The summed E-state index contributed by atoms with van der Waals surface area (Å²) in [5, 5.41) is 0.826. The van der Waals surface area contributed by atoms with Crippen molar-refractivity contribution in [3.8, 4) is 5.75 Å². The fourth-order valence-electron chi connectivity index (χ4n) is 2.03. The van der Waals surface area contributed by atoms with E-state index in [1.165, 1.54) is 20.1 Å². The zero-order valence-electron chi connectivity index (χ0n) is 10.6. The zero-order valence-corrected chi connectivity index (χ0v) is 10.6. The number of fused-ring (bicyclic) bond motifs is 1. The lowest BCUT2D eigenvalue weighted by Crippen LogP contribution is -2.04. The van der Waals surface area contributed by atoms with Crippen molar-refractivity contribution in [2.45, 2.75) is 20.3 Å². The Morgan fingerprint density at radius 1 is 1.39 bits per heavy atom. The summed E-state index contributed by atoms with van der Waals surface area (Å²) >= 11 is 0. The van der Waals surface area contributed by atoms with Crippen molar-refractivity contribution in [1.82, 2.24) is 0 Å². The Balaban J connectivity index is 2.83. The molecule has 0 spiro atoms. The minimum atomic E-state index is -0.418. The van der Waals surface area contributed by atoms with Crippen LogP contribution in [0.5, 0.6) is 5.75 Å². The molecule has 0 amide bonds. The monoisotopic (exact) mass is 246 g/mol. The minimum absolute atomic E-state index is 0.00930. The Morgan fingerprint density at radius 2 is 2.11 bits per heavy atom. The maximum atomic E-state index is 11.4. The van der Waals surface area contributed by atoms with Crippen LogP contribution in [0, 0.1) is 6.92 Å². The summed E-state index contributed by atoms with van der Waals surface area (Å²) in [6, 6.07) is 5.05. The number of aryl methyl sites for hydroxylation is 1. The first kappa shape index (κ1) is 12.4. The van der Waals surface area contributed by atoms with Gasteiger partial charge in [0.15, 0.2) is 0 Å². The van der Waals surface area contributed by atoms with Gasteiger partial charge in [0, 0.05) is 23.4 Å². The van der Waals surface area contributed by atoms with E-state index in [2.05, 4.69) is 0 Å². The topological polar surface area (TPSA) is 56.5 Å². The van der Waals surface area contributed by atoms with E-state index in [0.717, 1.165) is 10.9 Å². The fourth-order valence-corrected chi connectivity index (χ4v) is 2.03. The number of carbonyl (C=O) groups excluding carboxylic acids is 1. The fraction of sp³-hybridized carbons (Fsp3) is 0.286. The van der Waals surface area contributed by atoms with Gasteiger partial charge in [-0.3, -0.25) is 4.79 Å². The van der Waals surface area contributed by atoms with Crippen molar-refractivity contribution in [2.75, 3.05) is 7.11 Å². The van der Waals surface area contributed by atoms with Crippen LogP contribution in [0.1, 0.15) is 18.1 Å². The Labute approximate surface area is 104 Å². The summed E-state index contributed by atoms with van der Waals surface area (Å²) in [6.45, 7) is 3.33. The third-order valence-corrected chi connectivity index (χ3v) is 2.83. The standard InChI is InChI=1S/C14H14O4/c1-8-6-13(16)18-14-10(8)4-5-12(17-3)11(14)7-9(2)15/h4-6H,7H2,1-3H3. The number of ketones is 1. The van der Waals surface area contributed by atoms with Gasteiger partial charge in [0.2, 0.25) is 0 Å². The van der Waals surface area contributed by atoms with Crippen molar-refractivity contribution in [1.29, 1.82) is 0 Å². The summed E-state index contributed by atoms with van der Waals surface area (Å²) in [7, 11) is 1.53. The molecule has 0 saturated carbocycles. The highest BCUT2D eigenvalue weighted by molar-refractivity contribution is 5.89. The third kappa shape index (κ3) is 2.14. The van der Waals surface area contributed by atoms with Gasteiger partial charge < -0.3 is 9.15 Å². The van der Waals surface area contributed by atoms with Gasteiger partial charge in [0.25, 0.3) is 0 Å². The molecule has 0 N–H and O–H groups in total. The molecule has 0 radical (unpaired) electrons. The highest BCUT2D eigenvalue weighted by atomic mass is 16.5. The molecule has 0 fully saturated rings. The van der Waals surface area contributed by atoms with Crippen molar-refractivity contribution >= 4 is 16.8 Å². The SMILES string of the molecule is COc1ccc2c(C)cc(=O)oc2c1CC(C)=O. The van der Waals surface area contributed by atoms with Crippen LogP contribution in [0.4, 0.5) is 0 Å². The maximum absolute atomic E-state index is 11.4. The predicted octanol–water partition coefficient (Wildman–Crippen LogP) is 2.24. The lowest BCUT2D eigenvalue weighted by molar-refractivity contribution is -0.116. The lowest BCUT2D eigenvalue weighted by Gasteiger charge is -2.10. The summed E-state index contributed by atoms with van der Waals surface area (Å²) in [6.07, 6.45) is 0.187. The molecule has 1 heterocycles. The molecular weight excluding hydrogens is 232 g/mol. The second-order valence-corrected chi connectivity index (χ2v) is 4.25. The van der Waals surface area contributed by atoms with Gasteiger partial charge in [-0.2, -0.15) is 0 Å². The van der Waals surface area contributed by atoms with Crippen LogP contribution in [-0.2, 0) is 11.2 Å². The molecule has 1 aromatic carbocycles. The number of hydrogen-bond acceptors (Lipinski definition) is 4. The molecule has 94 valence electrons. The number of ether oxygens (including phenoxy) is 1. The average molecular weight is 246 g/mol. The molecular formula is C14H14O4. The number of Topliss-reactive ketones (excluding diaryl/α,β-unsaturated/α-hetero) is 1. The molecule has 2 aromatic rings. The molecule has 0 saturated heterocycles. The highest BCUT2D eigenvalue weighted by Crippen LogP contribution is 2.29. The van der Waals surface area contributed by atoms with Crippen LogP contribution in [-0.4, -0.2) is 12.9 Å². The first-order valence-electron chi connectivity index (χ1n) is 5.62. The lowest BCUT2D eigenvalue weighted by atomic mass is 10.0. The van der Waals surface area contributed by atoms with Gasteiger partial charge in [-0.1, -0.05) is 0 Å². The van der Waals surface area contributed by atoms with E-state index in [0.29, 0.717) is 16.9 Å². The highest BCUT2D eigenvalue weighted by Gasteiger charge is 2.14. The molecule has 4 heteroatoms. The van der Waals surface area contributed by atoms with Crippen LogP contribution >= 0.6 is 0 Å².